The molecule has 0 radical (unpaired) electrons. The first-order valence-corrected chi connectivity index (χ1v) is 9.30. The predicted molar refractivity (Wildman–Crippen MR) is 114 cm³/mol. The molecule has 140 valence electrons. The molecule has 0 aliphatic heterocycles. The van der Waals surface area contributed by atoms with E-state index in [0.29, 0.717) is 22.9 Å². The molecule has 6 heteroatoms. The third-order valence-corrected chi connectivity index (χ3v) is 4.92. The lowest BCUT2D eigenvalue weighted by Crippen LogP contribution is -2.14. The van der Waals surface area contributed by atoms with E-state index in [-0.39, 0.29) is 5.91 Å². The molecule has 4 rings (SSSR count). The first kappa shape index (κ1) is 18.1. The molecule has 3 N–H and O–H groups in total. The number of rotatable bonds is 5. The van der Waals surface area contributed by atoms with E-state index < -0.39 is 0 Å². The predicted octanol–water partition coefficient (Wildman–Crippen LogP) is 5.45. The van der Waals surface area contributed by atoms with Crippen LogP contribution in [0.4, 0.5) is 17.2 Å². The Labute approximate surface area is 167 Å². The normalized spacial score (nSPS) is 10.8. The average molecular weight is 391 g/mol. The number of benzene rings is 2. The summed E-state index contributed by atoms with van der Waals surface area (Å²) in [6.45, 7) is 1.96. The summed E-state index contributed by atoms with van der Waals surface area (Å²) in [6, 6.07) is 17.3. The van der Waals surface area contributed by atoms with Crippen molar-refractivity contribution in [1.29, 1.82) is 0 Å². The fraction of sp³-hybridized carbons (Fsp3) is 0.0909. The fourth-order valence-corrected chi connectivity index (χ4v) is 3.20. The molecule has 0 saturated heterocycles. The summed E-state index contributed by atoms with van der Waals surface area (Å²) in [4.78, 5) is 19.9. The number of carbonyl (C=O) groups excluding carboxylic acids is 1. The molecule has 4 aromatic rings. The van der Waals surface area contributed by atoms with Crippen LogP contribution in [0.1, 0.15) is 11.1 Å². The van der Waals surface area contributed by atoms with Crippen molar-refractivity contribution in [3.8, 4) is 0 Å². The number of aryl methyl sites for hydroxylation is 1. The number of anilines is 3. The van der Waals surface area contributed by atoms with E-state index in [4.69, 9.17) is 11.6 Å². The van der Waals surface area contributed by atoms with Gasteiger partial charge in [0.25, 0.3) is 0 Å². The molecular formula is C22H19ClN4O. The molecule has 2 heterocycles. The van der Waals surface area contributed by atoms with Crippen LogP contribution in [0.25, 0.3) is 10.9 Å². The van der Waals surface area contributed by atoms with Crippen LogP contribution in [0, 0.1) is 6.92 Å². The van der Waals surface area contributed by atoms with E-state index in [1.165, 1.54) is 0 Å². The SMILES string of the molecule is Cc1ccc(Nc2ccc(NC(=O)Cc3c[nH]c4ccccc34)cn2)cc1Cl. The van der Waals surface area contributed by atoms with Crippen LogP contribution in [0.3, 0.4) is 0 Å². The number of H-pyrrole nitrogens is 1. The number of para-hydroxylation sites is 1. The van der Waals surface area contributed by atoms with E-state index in [0.717, 1.165) is 27.7 Å². The molecule has 0 unspecified atom stereocenters. The number of halogens is 1. The number of hydrogen-bond acceptors (Lipinski definition) is 3. The van der Waals surface area contributed by atoms with Crippen molar-refractivity contribution in [2.75, 3.05) is 10.6 Å². The van der Waals surface area contributed by atoms with Gasteiger partial charge in [-0.3, -0.25) is 4.79 Å². The Bertz CT molecular complexity index is 1130. The van der Waals surface area contributed by atoms with Crippen molar-refractivity contribution in [3.63, 3.8) is 0 Å². The highest BCUT2D eigenvalue weighted by atomic mass is 35.5. The Kier molecular flexibility index (Phi) is 5.00. The van der Waals surface area contributed by atoms with Crippen molar-refractivity contribution < 1.29 is 4.79 Å². The molecule has 0 saturated carbocycles. The fourth-order valence-electron chi connectivity index (χ4n) is 3.02. The van der Waals surface area contributed by atoms with E-state index in [1.807, 2.05) is 67.7 Å². The number of nitrogens with one attached hydrogen (secondary N) is 3. The largest absolute Gasteiger partial charge is 0.361 e. The summed E-state index contributed by atoms with van der Waals surface area (Å²) in [5.41, 5.74) is 4.53. The molecular weight excluding hydrogens is 372 g/mol. The minimum Gasteiger partial charge on any atom is -0.361 e. The third kappa shape index (κ3) is 4.00. The summed E-state index contributed by atoms with van der Waals surface area (Å²) >= 11 is 6.15. The minimum atomic E-state index is -0.0856. The Hall–Kier alpha value is -3.31. The summed E-state index contributed by atoms with van der Waals surface area (Å²) < 4.78 is 0. The number of carbonyl (C=O) groups is 1. The minimum absolute atomic E-state index is 0.0856. The number of aromatic amines is 1. The van der Waals surface area contributed by atoms with Crippen LogP contribution in [0.2, 0.25) is 5.02 Å². The topological polar surface area (TPSA) is 69.8 Å². The van der Waals surface area contributed by atoms with Gasteiger partial charge in [0.15, 0.2) is 0 Å². The third-order valence-electron chi connectivity index (χ3n) is 4.52. The molecule has 0 aliphatic rings. The number of nitrogens with zero attached hydrogens (tertiary/aromatic N) is 1. The second-order valence-corrected chi connectivity index (χ2v) is 7.01. The number of aromatic nitrogens is 2. The zero-order valence-electron chi connectivity index (χ0n) is 15.3. The molecule has 2 aromatic heterocycles. The maximum Gasteiger partial charge on any atom is 0.228 e. The van der Waals surface area contributed by atoms with Gasteiger partial charge in [0.1, 0.15) is 5.82 Å². The Morgan fingerprint density at radius 1 is 1.11 bits per heavy atom. The van der Waals surface area contributed by atoms with Gasteiger partial charge in [-0.05, 0) is 48.4 Å². The van der Waals surface area contributed by atoms with Gasteiger partial charge in [-0.1, -0.05) is 35.9 Å². The van der Waals surface area contributed by atoms with E-state index in [1.54, 1.807) is 6.20 Å². The summed E-state index contributed by atoms with van der Waals surface area (Å²) in [5, 5.41) is 7.85. The average Bonchev–Trinajstić information content (AvgIpc) is 3.09. The molecule has 28 heavy (non-hydrogen) atoms. The van der Waals surface area contributed by atoms with E-state index >= 15 is 0 Å². The zero-order chi connectivity index (χ0) is 19.5. The monoisotopic (exact) mass is 390 g/mol. The van der Waals surface area contributed by atoms with Crippen molar-refractivity contribution in [3.05, 3.63) is 83.1 Å². The van der Waals surface area contributed by atoms with Crippen molar-refractivity contribution >= 4 is 45.6 Å². The van der Waals surface area contributed by atoms with Crippen molar-refractivity contribution in [2.24, 2.45) is 0 Å². The summed E-state index contributed by atoms with van der Waals surface area (Å²) in [7, 11) is 0. The summed E-state index contributed by atoms with van der Waals surface area (Å²) in [6.07, 6.45) is 3.80. The van der Waals surface area contributed by atoms with Crippen LogP contribution in [-0.4, -0.2) is 15.9 Å². The number of amides is 1. The molecule has 0 fully saturated rings. The van der Waals surface area contributed by atoms with Gasteiger partial charge in [0, 0.05) is 27.8 Å². The van der Waals surface area contributed by atoms with Crippen LogP contribution >= 0.6 is 11.6 Å². The highest BCUT2D eigenvalue weighted by Crippen LogP contribution is 2.23. The first-order chi connectivity index (χ1) is 13.6. The lowest BCUT2D eigenvalue weighted by molar-refractivity contribution is -0.115. The van der Waals surface area contributed by atoms with Crippen molar-refractivity contribution in [2.45, 2.75) is 13.3 Å². The second-order valence-electron chi connectivity index (χ2n) is 6.61. The zero-order valence-corrected chi connectivity index (χ0v) is 16.0. The smallest absolute Gasteiger partial charge is 0.228 e. The van der Waals surface area contributed by atoms with Gasteiger partial charge in [0.05, 0.1) is 18.3 Å². The van der Waals surface area contributed by atoms with Gasteiger partial charge in [-0.25, -0.2) is 4.98 Å². The maximum absolute atomic E-state index is 12.4. The molecule has 0 spiro atoms. The van der Waals surface area contributed by atoms with Crippen LogP contribution < -0.4 is 10.6 Å². The van der Waals surface area contributed by atoms with E-state index in [9.17, 15) is 4.79 Å². The Morgan fingerprint density at radius 2 is 1.93 bits per heavy atom. The molecule has 2 aromatic carbocycles. The second kappa shape index (κ2) is 7.74. The Balaban J connectivity index is 1.39. The molecule has 0 aliphatic carbocycles. The highest BCUT2D eigenvalue weighted by Gasteiger charge is 2.09. The van der Waals surface area contributed by atoms with E-state index in [2.05, 4.69) is 20.6 Å². The molecule has 0 bridgehead atoms. The first-order valence-electron chi connectivity index (χ1n) is 8.92. The van der Waals surface area contributed by atoms with Gasteiger partial charge in [0.2, 0.25) is 5.91 Å². The lowest BCUT2D eigenvalue weighted by atomic mass is 10.1. The number of fused-ring (bicyclic) bond motifs is 1. The summed E-state index contributed by atoms with van der Waals surface area (Å²) in [5.74, 6) is 0.590. The number of pyridine rings is 1. The van der Waals surface area contributed by atoms with Gasteiger partial charge < -0.3 is 15.6 Å². The van der Waals surface area contributed by atoms with Crippen molar-refractivity contribution in [1.82, 2.24) is 9.97 Å². The molecule has 5 nitrogen and oxygen atoms in total. The van der Waals surface area contributed by atoms with Gasteiger partial charge in [-0.2, -0.15) is 0 Å². The quantitative estimate of drug-likeness (QED) is 0.424. The van der Waals surface area contributed by atoms with Gasteiger partial charge in [-0.15, -0.1) is 0 Å². The Morgan fingerprint density at radius 3 is 2.71 bits per heavy atom. The van der Waals surface area contributed by atoms with Crippen LogP contribution in [0.5, 0.6) is 0 Å². The van der Waals surface area contributed by atoms with Crippen LogP contribution in [0.15, 0.2) is 67.0 Å². The standard InChI is InChI=1S/C22H19ClN4O/c1-14-6-7-16(11-19(14)23)26-21-9-8-17(13-25-21)27-22(28)10-15-12-24-20-5-3-2-4-18(15)20/h2-9,11-13,24H,10H2,1H3,(H,25,26)(H,27,28). The van der Waals surface area contributed by atoms with Crippen LogP contribution in [-0.2, 0) is 11.2 Å². The maximum atomic E-state index is 12.4. The lowest BCUT2D eigenvalue weighted by Gasteiger charge is -2.09. The highest BCUT2D eigenvalue weighted by molar-refractivity contribution is 6.31. The molecule has 0 atom stereocenters. The van der Waals surface area contributed by atoms with Gasteiger partial charge >= 0.3 is 0 Å². The number of hydrogen-bond donors (Lipinski definition) is 3. The molecule has 1 amide bonds.